The molecule has 0 spiro atoms. The lowest BCUT2D eigenvalue weighted by atomic mass is 10.4. The number of nitrogens with one attached hydrogen (secondary N) is 2. The smallest absolute Gasteiger partial charge is 0.157 e. The SMILES string of the molecule is c1nc(-c2ncc(CNC3CC3)[nH]2)cs1. The molecule has 1 aliphatic carbocycles. The Kier molecular flexibility index (Phi) is 2.26. The highest BCUT2D eigenvalue weighted by Crippen LogP contribution is 2.19. The zero-order chi connectivity index (χ0) is 10.1. The molecule has 2 aromatic rings. The zero-order valence-electron chi connectivity index (χ0n) is 8.23. The zero-order valence-corrected chi connectivity index (χ0v) is 9.05. The lowest BCUT2D eigenvalue weighted by molar-refractivity contribution is 0.677. The highest BCUT2D eigenvalue weighted by molar-refractivity contribution is 7.07. The second-order valence-corrected chi connectivity index (χ2v) is 4.50. The topological polar surface area (TPSA) is 53.6 Å². The first-order valence-corrected chi connectivity index (χ1v) is 6.02. The summed E-state index contributed by atoms with van der Waals surface area (Å²) in [5.74, 6) is 0.865. The Labute approximate surface area is 91.8 Å². The number of rotatable bonds is 4. The van der Waals surface area contributed by atoms with E-state index >= 15 is 0 Å². The summed E-state index contributed by atoms with van der Waals surface area (Å²) < 4.78 is 0. The van der Waals surface area contributed by atoms with Crippen molar-refractivity contribution >= 4 is 11.3 Å². The van der Waals surface area contributed by atoms with Crippen molar-refractivity contribution < 1.29 is 0 Å². The minimum absolute atomic E-state index is 0.732. The van der Waals surface area contributed by atoms with Crippen LogP contribution in [0.5, 0.6) is 0 Å². The monoisotopic (exact) mass is 220 g/mol. The van der Waals surface area contributed by atoms with Gasteiger partial charge in [0.15, 0.2) is 5.82 Å². The summed E-state index contributed by atoms with van der Waals surface area (Å²) in [5.41, 5.74) is 3.88. The fraction of sp³-hybridized carbons (Fsp3) is 0.400. The molecule has 2 heterocycles. The summed E-state index contributed by atoms with van der Waals surface area (Å²) in [7, 11) is 0. The van der Waals surface area contributed by atoms with Crippen LogP contribution in [-0.4, -0.2) is 21.0 Å². The molecule has 0 atom stereocenters. The summed E-state index contributed by atoms with van der Waals surface area (Å²) >= 11 is 1.59. The van der Waals surface area contributed by atoms with Crippen molar-refractivity contribution in [3.05, 3.63) is 22.8 Å². The maximum atomic E-state index is 4.31. The van der Waals surface area contributed by atoms with E-state index in [4.69, 9.17) is 0 Å². The van der Waals surface area contributed by atoms with E-state index in [1.807, 2.05) is 17.1 Å². The quantitative estimate of drug-likeness (QED) is 0.826. The van der Waals surface area contributed by atoms with E-state index < -0.39 is 0 Å². The van der Waals surface area contributed by atoms with Crippen LogP contribution in [-0.2, 0) is 6.54 Å². The van der Waals surface area contributed by atoms with Crippen molar-refractivity contribution in [1.29, 1.82) is 0 Å². The lowest BCUT2D eigenvalue weighted by Crippen LogP contribution is -2.15. The van der Waals surface area contributed by atoms with Gasteiger partial charge in [-0.15, -0.1) is 11.3 Å². The van der Waals surface area contributed by atoms with Gasteiger partial charge < -0.3 is 10.3 Å². The summed E-state index contributed by atoms with van der Waals surface area (Å²) in [5, 5.41) is 5.44. The molecule has 0 aromatic carbocycles. The van der Waals surface area contributed by atoms with Crippen LogP contribution in [0.15, 0.2) is 17.1 Å². The Bertz CT molecular complexity index is 430. The van der Waals surface area contributed by atoms with Crippen molar-refractivity contribution in [2.45, 2.75) is 25.4 Å². The predicted molar refractivity (Wildman–Crippen MR) is 59.6 cm³/mol. The second kappa shape index (κ2) is 3.75. The summed E-state index contributed by atoms with van der Waals surface area (Å²) in [6, 6.07) is 0.732. The summed E-state index contributed by atoms with van der Waals surface area (Å²) in [4.78, 5) is 11.8. The molecule has 0 saturated heterocycles. The molecule has 0 aliphatic heterocycles. The second-order valence-electron chi connectivity index (χ2n) is 3.79. The predicted octanol–water partition coefficient (Wildman–Crippen LogP) is 1.79. The molecular weight excluding hydrogens is 208 g/mol. The summed E-state index contributed by atoms with van der Waals surface area (Å²) in [6.45, 7) is 0.877. The van der Waals surface area contributed by atoms with Gasteiger partial charge in [-0.25, -0.2) is 9.97 Å². The fourth-order valence-electron chi connectivity index (χ4n) is 1.45. The van der Waals surface area contributed by atoms with Crippen LogP contribution in [0.2, 0.25) is 0 Å². The van der Waals surface area contributed by atoms with Gasteiger partial charge in [0, 0.05) is 23.7 Å². The van der Waals surface area contributed by atoms with Crippen molar-refractivity contribution in [3.63, 3.8) is 0 Å². The molecule has 1 saturated carbocycles. The number of thiazole rings is 1. The van der Waals surface area contributed by atoms with Gasteiger partial charge in [0.05, 0.1) is 11.7 Å². The maximum Gasteiger partial charge on any atom is 0.157 e. The van der Waals surface area contributed by atoms with Crippen LogP contribution in [0.1, 0.15) is 18.5 Å². The molecule has 0 bridgehead atoms. The number of aromatic amines is 1. The van der Waals surface area contributed by atoms with E-state index in [9.17, 15) is 0 Å². The lowest BCUT2D eigenvalue weighted by Gasteiger charge is -1.97. The van der Waals surface area contributed by atoms with Gasteiger partial charge in [-0.05, 0) is 12.8 Å². The molecule has 4 nitrogen and oxygen atoms in total. The van der Waals surface area contributed by atoms with Gasteiger partial charge in [0.25, 0.3) is 0 Å². The van der Waals surface area contributed by atoms with Gasteiger partial charge >= 0.3 is 0 Å². The average Bonchev–Trinajstić information content (AvgIpc) is 2.78. The molecule has 78 valence electrons. The number of hydrogen-bond donors (Lipinski definition) is 2. The van der Waals surface area contributed by atoms with Crippen LogP contribution in [0.3, 0.4) is 0 Å². The van der Waals surface area contributed by atoms with Crippen LogP contribution in [0.25, 0.3) is 11.5 Å². The molecular formula is C10H12N4S. The third kappa shape index (κ3) is 2.08. The Morgan fingerprint density at radius 2 is 2.40 bits per heavy atom. The normalized spacial score (nSPS) is 15.7. The molecule has 2 N–H and O–H groups in total. The average molecular weight is 220 g/mol. The first-order valence-electron chi connectivity index (χ1n) is 5.07. The Hall–Kier alpha value is -1.20. The van der Waals surface area contributed by atoms with Crippen molar-refractivity contribution in [2.75, 3.05) is 0 Å². The van der Waals surface area contributed by atoms with Crippen molar-refractivity contribution in [2.24, 2.45) is 0 Å². The molecule has 1 fully saturated rings. The molecule has 5 heteroatoms. The Balaban J connectivity index is 1.69. The van der Waals surface area contributed by atoms with Crippen LogP contribution >= 0.6 is 11.3 Å². The Morgan fingerprint density at radius 3 is 3.13 bits per heavy atom. The highest BCUT2D eigenvalue weighted by atomic mass is 32.1. The Morgan fingerprint density at radius 1 is 1.47 bits per heavy atom. The first-order chi connectivity index (χ1) is 7.42. The van der Waals surface area contributed by atoms with Gasteiger partial charge in [-0.3, -0.25) is 0 Å². The third-order valence-electron chi connectivity index (χ3n) is 2.46. The van der Waals surface area contributed by atoms with E-state index in [0.717, 1.165) is 29.8 Å². The van der Waals surface area contributed by atoms with Crippen LogP contribution in [0, 0.1) is 0 Å². The number of nitrogens with zero attached hydrogens (tertiary/aromatic N) is 2. The molecule has 0 unspecified atom stereocenters. The molecule has 0 amide bonds. The van der Waals surface area contributed by atoms with Gasteiger partial charge in [-0.2, -0.15) is 0 Å². The number of aromatic nitrogens is 3. The van der Waals surface area contributed by atoms with E-state index in [0.29, 0.717) is 0 Å². The molecule has 3 rings (SSSR count). The standard InChI is InChI=1S/C10H12N4S/c1-2-7(1)11-3-8-4-12-10(14-8)9-5-15-6-13-9/h4-7,11H,1-3H2,(H,12,14). The largest absolute Gasteiger partial charge is 0.339 e. The minimum atomic E-state index is 0.732. The van der Waals surface area contributed by atoms with Crippen molar-refractivity contribution in [3.8, 4) is 11.5 Å². The third-order valence-corrected chi connectivity index (χ3v) is 3.05. The van der Waals surface area contributed by atoms with Gasteiger partial charge in [0.1, 0.15) is 5.69 Å². The van der Waals surface area contributed by atoms with Gasteiger partial charge in [-0.1, -0.05) is 0 Å². The van der Waals surface area contributed by atoms with E-state index in [2.05, 4.69) is 20.3 Å². The number of imidazole rings is 1. The first kappa shape index (κ1) is 9.06. The van der Waals surface area contributed by atoms with E-state index in [-0.39, 0.29) is 0 Å². The van der Waals surface area contributed by atoms with Crippen LogP contribution < -0.4 is 5.32 Å². The number of H-pyrrole nitrogens is 1. The minimum Gasteiger partial charge on any atom is -0.339 e. The van der Waals surface area contributed by atoms with E-state index in [1.165, 1.54) is 12.8 Å². The highest BCUT2D eigenvalue weighted by Gasteiger charge is 2.20. The molecule has 15 heavy (non-hydrogen) atoms. The summed E-state index contributed by atoms with van der Waals surface area (Å²) in [6.07, 6.45) is 4.50. The van der Waals surface area contributed by atoms with Crippen LogP contribution in [0.4, 0.5) is 0 Å². The molecule has 1 aliphatic rings. The molecule has 2 aromatic heterocycles. The number of hydrogen-bond acceptors (Lipinski definition) is 4. The van der Waals surface area contributed by atoms with Crippen molar-refractivity contribution in [1.82, 2.24) is 20.3 Å². The van der Waals surface area contributed by atoms with Gasteiger partial charge in [0.2, 0.25) is 0 Å². The molecule has 0 radical (unpaired) electrons. The fourth-order valence-corrected chi connectivity index (χ4v) is 1.99. The van der Waals surface area contributed by atoms with E-state index in [1.54, 1.807) is 11.3 Å². The maximum absolute atomic E-state index is 4.31.